The molecule has 5 nitrogen and oxygen atoms in total. The van der Waals surface area contributed by atoms with Gasteiger partial charge in [0.1, 0.15) is 5.82 Å². The zero-order valence-electron chi connectivity index (χ0n) is 12.0. The Bertz CT molecular complexity index is 643. The molecular formula is C14H16FN3O2S. The first-order valence-electron chi connectivity index (χ1n) is 6.45. The van der Waals surface area contributed by atoms with Crippen LogP contribution >= 0.6 is 11.8 Å². The van der Waals surface area contributed by atoms with Crippen molar-refractivity contribution in [2.24, 2.45) is 7.05 Å². The van der Waals surface area contributed by atoms with Gasteiger partial charge in [0.25, 0.3) is 0 Å². The molecule has 0 spiro atoms. The third-order valence-electron chi connectivity index (χ3n) is 2.64. The Balaban J connectivity index is 2.11. The van der Waals surface area contributed by atoms with E-state index in [4.69, 9.17) is 4.74 Å². The van der Waals surface area contributed by atoms with Gasteiger partial charge in [0.15, 0.2) is 11.0 Å². The third-order valence-corrected chi connectivity index (χ3v) is 3.63. The van der Waals surface area contributed by atoms with Crippen molar-refractivity contribution in [2.45, 2.75) is 25.1 Å². The highest BCUT2D eigenvalue weighted by Crippen LogP contribution is 2.24. The largest absolute Gasteiger partial charge is 0.462 e. The summed E-state index contributed by atoms with van der Waals surface area (Å²) in [5.74, 6) is -0.108. The van der Waals surface area contributed by atoms with E-state index in [0.717, 1.165) is 0 Å². The van der Waals surface area contributed by atoms with Crippen molar-refractivity contribution >= 4 is 17.7 Å². The maximum atomic E-state index is 13.8. The predicted molar refractivity (Wildman–Crippen MR) is 78.3 cm³/mol. The lowest BCUT2D eigenvalue weighted by atomic mass is 10.2. The van der Waals surface area contributed by atoms with Crippen molar-refractivity contribution in [3.05, 3.63) is 30.1 Å². The van der Waals surface area contributed by atoms with Gasteiger partial charge in [-0.2, -0.15) is 0 Å². The van der Waals surface area contributed by atoms with Gasteiger partial charge >= 0.3 is 5.97 Å². The number of benzene rings is 1. The number of aromatic nitrogens is 3. The van der Waals surface area contributed by atoms with Crippen LogP contribution in [0.25, 0.3) is 11.4 Å². The minimum absolute atomic E-state index is 0.140. The summed E-state index contributed by atoms with van der Waals surface area (Å²) in [6.07, 6.45) is -0.147. The van der Waals surface area contributed by atoms with E-state index in [2.05, 4.69) is 10.2 Å². The Kier molecular flexibility index (Phi) is 4.95. The Morgan fingerprint density at radius 3 is 2.76 bits per heavy atom. The standard InChI is InChI=1S/C14H16FN3O2S/c1-9(2)20-12(19)8-21-14-17-16-13(18(14)3)10-6-4-5-7-11(10)15/h4-7,9H,8H2,1-3H3. The number of esters is 1. The maximum absolute atomic E-state index is 13.8. The Morgan fingerprint density at radius 1 is 1.38 bits per heavy atom. The van der Waals surface area contributed by atoms with Crippen molar-refractivity contribution in [1.82, 2.24) is 14.8 Å². The van der Waals surface area contributed by atoms with Crippen LogP contribution in [0.15, 0.2) is 29.4 Å². The lowest BCUT2D eigenvalue weighted by molar-refractivity contribution is -0.144. The molecule has 0 amide bonds. The van der Waals surface area contributed by atoms with Gasteiger partial charge in [-0.1, -0.05) is 23.9 Å². The molecule has 112 valence electrons. The van der Waals surface area contributed by atoms with Crippen molar-refractivity contribution in [3.8, 4) is 11.4 Å². The van der Waals surface area contributed by atoms with Gasteiger partial charge in [-0.05, 0) is 26.0 Å². The van der Waals surface area contributed by atoms with E-state index in [1.165, 1.54) is 17.8 Å². The average molecular weight is 309 g/mol. The average Bonchev–Trinajstić information content (AvgIpc) is 2.77. The number of ether oxygens (including phenoxy) is 1. The zero-order valence-corrected chi connectivity index (χ0v) is 12.9. The van der Waals surface area contributed by atoms with Crippen LogP contribution in [0, 0.1) is 5.82 Å². The van der Waals surface area contributed by atoms with E-state index in [1.54, 1.807) is 43.7 Å². The molecule has 21 heavy (non-hydrogen) atoms. The molecule has 0 bridgehead atoms. The summed E-state index contributed by atoms with van der Waals surface area (Å²) < 4.78 is 20.5. The van der Waals surface area contributed by atoms with Crippen molar-refractivity contribution in [1.29, 1.82) is 0 Å². The monoisotopic (exact) mass is 309 g/mol. The molecule has 0 N–H and O–H groups in total. The van der Waals surface area contributed by atoms with E-state index in [0.29, 0.717) is 16.5 Å². The highest BCUT2D eigenvalue weighted by atomic mass is 32.2. The fourth-order valence-corrected chi connectivity index (χ4v) is 2.43. The van der Waals surface area contributed by atoms with Crippen molar-refractivity contribution in [2.75, 3.05) is 5.75 Å². The molecule has 0 saturated heterocycles. The molecule has 2 rings (SSSR count). The second-order valence-corrected chi connectivity index (χ2v) is 5.61. The van der Waals surface area contributed by atoms with Gasteiger partial charge in [-0.25, -0.2) is 4.39 Å². The molecule has 1 aromatic heterocycles. The first-order valence-corrected chi connectivity index (χ1v) is 7.44. The second kappa shape index (κ2) is 6.71. The molecule has 0 aliphatic heterocycles. The number of rotatable bonds is 5. The zero-order chi connectivity index (χ0) is 15.4. The van der Waals surface area contributed by atoms with E-state index >= 15 is 0 Å². The maximum Gasteiger partial charge on any atom is 0.316 e. The summed E-state index contributed by atoms with van der Waals surface area (Å²) in [7, 11) is 1.73. The molecular weight excluding hydrogens is 293 g/mol. The smallest absolute Gasteiger partial charge is 0.316 e. The van der Waals surface area contributed by atoms with Crippen molar-refractivity contribution < 1.29 is 13.9 Å². The Labute approximate surface area is 126 Å². The van der Waals surface area contributed by atoms with Crippen LogP contribution in [0.2, 0.25) is 0 Å². The predicted octanol–water partition coefficient (Wildman–Crippen LogP) is 2.66. The fourth-order valence-electron chi connectivity index (χ4n) is 1.74. The van der Waals surface area contributed by atoms with Crippen molar-refractivity contribution in [3.63, 3.8) is 0 Å². The number of halogens is 1. The summed E-state index contributed by atoms with van der Waals surface area (Å²) in [4.78, 5) is 11.5. The van der Waals surface area contributed by atoms with Crippen LogP contribution in [0.3, 0.4) is 0 Å². The number of thioether (sulfide) groups is 1. The van der Waals surface area contributed by atoms with Gasteiger partial charge in [0.05, 0.1) is 17.4 Å². The first-order chi connectivity index (χ1) is 9.99. The lowest BCUT2D eigenvalue weighted by Gasteiger charge is -2.07. The SMILES string of the molecule is CC(C)OC(=O)CSc1nnc(-c2ccccc2F)n1C. The van der Waals surface area contributed by atoms with Crippen LogP contribution < -0.4 is 0 Å². The summed E-state index contributed by atoms with van der Waals surface area (Å²) in [6.45, 7) is 3.59. The molecule has 0 unspecified atom stereocenters. The molecule has 0 radical (unpaired) electrons. The van der Waals surface area contributed by atoms with Crippen LogP contribution in [0.5, 0.6) is 0 Å². The lowest BCUT2D eigenvalue weighted by Crippen LogP contribution is -2.13. The van der Waals surface area contributed by atoms with Crippen LogP contribution in [0.1, 0.15) is 13.8 Å². The molecule has 1 heterocycles. The number of nitrogens with zero attached hydrogens (tertiary/aromatic N) is 3. The van der Waals surface area contributed by atoms with E-state index in [9.17, 15) is 9.18 Å². The minimum atomic E-state index is -0.358. The van der Waals surface area contributed by atoms with E-state index in [-0.39, 0.29) is 23.6 Å². The fraction of sp³-hybridized carbons (Fsp3) is 0.357. The first kappa shape index (κ1) is 15.5. The van der Waals surface area contributed by atoms with Crippen LogP contribution in [-0.2, 0) is 16.6 Å². The van der Waals surface area contributed by atoms with Gasteiger partial charge in [-0.15, -0.1) is 10.2 Å². The van der Waals surface area contributed by atoms with E-state index in [1.807, 2.05) is 0 Å². The quantitative estimate of drug-likeness (QED) is 0.628. The van der Waals surface area contributed by atoms with Gasteiger partial charge in [-0.3, -0.25) is 4.79 Å². The number of hydrogen-bond donors (Lipinski definition) is 0. The Hall–Kier alpha value is -1.89. The van der Waals surface area contributed by atoms with Gasteiger partial charge in [0, 0.05) is 7.05 Å². The Morgan fingerprint density at radius 2 is 2.10 bits per heavy atom. The van der Waals surface area contributed by atoms with Gasteiger partial charge in [0.2, 0.25) is 0 Å². The molecule has 0 fully saturated rings. The second-order valence-electron chi connectivity index (χ2n) is 4.67. The normalized spacial score (nSPS) is 10.9. The molecule has 0 aliphatic carbocycles. The minimum Gasteiger partial charge on any atom is -0.462 e. The number of carbonyl (C=O) groups is 1. The molecule has 0 aliphatic rings. The highest BCUT2D eigenvalue weighted by Gasteiger charge is 2.16. The number of carbonyl (C=O) groups excluding carboxylic acids is 1. The summed E-state index contributed by atoms with van der Waals surface area (Å²) in [6, 6.07) is 6.37. The molecule has 0 saturated carbocycles. The molecule has 7 heteroatoms. The van der Waals surface area contributed by atoms with Crippen LogP contribution in [-0.4, -0.2) is 32.6 Å². The summed E-state index contributed by atoms with van der Waals surface area (Å²) in [5, 5.41) is 8.51. The third kappa shape index (κ3) is 3.81. The number of hydrogen-bond acceptors (Lipinski definition) is 5. The highest BCUT2D eigenvalue weighted by molar-refractivity contribution is 7.99. The molecule has 1 aromatic carbocycles. The van der Waals surface area contributed by atoms with E-state index < -0.39 is 0 Å². The summed E-state index contributed by atoms with van der Waals surface area (Å²) in [5.41, 5.74) is 0.379. The summed E-state index contributed by atoms with van der Waals surface area (Å²) >= 11 is 1.21. The van der Waals surface area contributed by atoms with Crippen LogP contribution in [0.4, 0.5) is 4.39 Å². The molecule has 2 aromatic rings. The topological polar surface area (TPSA) is 57.0 Å². The van der Waals surface area contributed by atoms with Gasteiger partial charge < -0.3 is 9.30 Å². The molecule has 0 atom stereocenters.